The second-order valence-corrected chi connectivity index (χ2v) is 5.52. The molecule has 6 nitrogen and oxygen atoms in total. The van der Waals surface area contributed by atoms with Crippen LogP contribution in [0.5, 0.6) is 0 Å². The lowest BCUT2D eigenvalue weighted by Crippen LogP contribution is -2.52. The standard InChI is InChI=1S/C15H22N4O2/c1-11-10-18(2)7-8-19(11)14(20)13-5-3-12(4-6-13)9-17-15(16)21/h3-6,11H,7-10H2,1-2H3,(H3,16,17,21). The van der Waals surface area contributed by atoms with Crippen molar-refractivity contribution in [2.75, 3.05) is 26.7 Å². The van der Waals surface area contributed by atoms with E-state index in [-0.39, 0.29) is 11.9 Å². The summed E-state index contributed by atoms with van der Waals surface area (Å²) in [5, 5.41) is 2.52. The minimum absolute atomic E-state index is 0.0602. The van der Waals surface area contributed by atoms with Gasteiger partial charge in [-0.1, -0.05) is 12.1 Å². The Bertz CT molecular complexity index is 515. The number of urea groups is 1. The highest BCUT2D eigenvalue weighted by molar-refractivity contribution is 5.94. The second-order valence-electron chi connectivity index (χ2n) is 5.52. The van der Waals surface area contributed by atoms with Crippen molar-refractivity contribution in [3.8, 4) is 0 Å². The monoisotopic (exact) mass is 290 g/mol. The summed E-state index contributed by atoms with van der Waals surface area (Å²) in [4.78, 5) is 27.3. The van der Waals surface area contributed by atoms with Crippen molar-refractivity contribution in [3.63, 3.8) is 0 Å². The number of carbonyl (C=O) groups is 2. The lowest BCUT2D eigenvalue weighted by atomic mass is 10.1. The molecule has 1 atom stereocenters. The number of benzene rings is 1. The first-order valence-electron chi connectivity index (χ1n) is 7.09. The Morgan fingerprint density at radius 3 is 2.52 bits per heavy atom. The first-order chi connectivity index (χ1) is 9.97. The summed E-state index contributed by atoms with van der Waals surface area (Å²) in [6.45, 7) is 4.98. The topological polar surface area (TPSA) is 78.7 Å². The average Bonchev–Trinajstić information content (AvgIpc) is 2.45. The maximum absolute atomic E-state index is 12.5. The van der Waals surface area contributed by atoms with Crippen LogP contribution in [0.2, 0.25) is 0 Å². The lowest BCUT2D eigenvalue weighted by molar-refractivity contribution is 0.0533. The van der Waals surface area contributed by atoms with Crippen LogP contribution in [0.4, 0.5) is 4.79 Å². The molecule has 0 aromatic heterocycles. The number of primary amides is 1. The van der Waals surface area contributed by atoms with Crippen molar-refractivity contribution in [1.82, 2.24) is 15.1 Å². The van der Waals surface area contributed by atoms with Crippen LogP contribution in [0.15, 0.2) is 24.3 Å². The van der Waals surface area contributed by atoms with E-state index in [4.69, 9.17) is 5.73 Å². The van der Waals surface area contributed by atoms with Gasteiger partial charge in [-0.2, -0.15) is 0 Å². The number of nitrogens with zero attached hydrogens (tertiary/aromatic N) is 2. The van der Waals surface area contributed by atoms with E-state index in [1.807, 2.05) is 17.0 Å². The van der Waals surface area contributed by atoms with E-state index in [0.29, 0.717) is 12.1 Å². The molecule has 2 rings (SSSR count). The summed E-state index contributed by atoms with van der Waals surface area (Å²) in [5.41, 5.74) is 6.62. The number of nitrogens with one attached hydrogen (secondary N) is 1. The van der Waals surface area contributed by atoms with Gasteiger partial charge in [-0.15, -0.1) is 0 Å². The third-order valence-electron chi connectivity index (χ3n) is 3.76. The number of rotatable bonds is 3. The van der Waals surface area contributed by atoms with E-state index < -0.39 is 6.03 Å². The summed E-state index contributed by atoms with van der Waals surface area (Å²) in [7, 11) is 2.07. The number of likely N-dealkylation sites (N-methyl/N-ethyl adjacent to an activating group) is 1. The van der Waals surface area contributed by atoms with Crippen LogP contribution >= 0.6 is 0 Å². The van der Waals surface area contributed by atoms with Gasteiger partial charge in [0.25, 0.3) is 5.91 Å². The molecule has 3 N–H and O–H groups in total. The molecule has 6 heteroatoms. The molecule has 0 saturated carbocycles. The molecular formula is C15H22N4O2. The minimum Gasteiger partial charge on any atom is -0.352 e. The SMILES string of the molecule is CC1CN(C)CCN1C(=O)c1ccc(CNC(N)=O)cc1. The second kappa shape index (κ2) is 6.58. The molecule has 1 aromatic rings. The zero-order valence-corrected chi connectivity index (χ0v) is 12.5. The van der Waals surface area contributed by atoms with Crippen molar-refractivity contribution >= 4 is 11.9 Å². The fourth-order valence-corrected chi connectivity index (χ4v) is 2.56. The molecule has 114 valence electrons. The van der Waals surface area contributed by atoms with E-state index in [1.54, 1.807) is 12.1 Å². The molecule has 1 unspecified atom stereocenters. The number of hydrogen-bond acceptors (Lipinski definition) is 3. The Balaban J connectivity index is 2.01. The molecule has 1 aliphatic heterocycles. The fourth-order valence-electron chi connectivity index (χ4n) is 2.56. The molecule has 1 aromatic carbocycles. The van der Waals surface area contributed by atoms with Crippen molar-refractivity contribution < 1.29 is 9.59 Å². The summed E-state index contributed by atoms with van der Waals surface area (Å²) < 4.78 is 0. The van der Waals surface area contributed by atoms with Crippen molar-refractivity contribution in [2.24, 2.45) is 5.73 Å². The number of amides is 3. The molecule has 0 bridgehead atoms. The van der Waals surface area contributed by atoms with Gasteiger partial charge in [0.1, 0.15) is 0 Å². The van der Waals surface area contributed by atoms with Gasteiger partial charge in [0.2, 0.25) is 0 Å². The molecular weight excluding hydrogens is 268 g/mol. The first-order valence-corrected chi connectivity index (χ1v) is 7.09. The summed E-state index contributed by atoms with van der Waals surface area (Å²) >= 11 is 0. The van der Waals surface area contributed by atoms with Crippen molar-refractivity contribution in [1.29, 1.82) is 0 Å². The molecule has 1 aliphatic rings. The smallest absolute Gasteiger partial charge is 0.312 e. The van der Waals surface area contributed by atoms with Gasteiger partial charge < -0.3 is 20.9 Å². The van der Waals surface area contributed by atoms with Crippen LogP contribution in [0.3, 0.4) is 0 Å². The Labute approximate surface area is 124 Å². The highest BCUT2D eigenvalue weighted by Crippen LogP contribution is 2.14. The third kappa shape index (κ3) is 3.95. The van der Waals surface area contributed by atoms with Gasteiger partial charge in [-0.3, -0.25) is 4.79 Å². The molecule has 21 heavy (non-hydrogen) atoms. The minimum atomic E-state index is -0.554. The summed E-state index contributed by atoms with van der Waals surface area (Å²) in [6.07, 6.45) is 0. The van der Waals surface area contributed by atoms with E-state index >= 15 is 0 Å². The van der Waals surface area contributed by atoms with Gasteiger partial charge in [-0.25, -0.2) is 4.79 Å². The quantitative estimate of drug-likeness (QED) is 0.857. The Hall–Kier alpha value is -2.08. The highest BCUT2D eigenvalue weighted by Gasteiger charge is 2.26. The summed E-state index contributed by atoms with van der Waals surface area (Å²) in [6, 6.07) is 6.93. The third-order valence-corrected chi connectivity index (χ3v) is 3.76. The van der Waals surface area contributed by atoms with Crippen LogP contribution in [-0.2, 0) is 6.54 Å². The van der Waals surface area contributed by atoms with Gasteiger partial charge in [0.15, 0.2) is 0 Å². The van der Waals surface area contributed by atoms with Crippen molar-refractivity contribution in [2.45, 2.75) is 19.5 Å². The van der Waals surface area contributed by atoms with Crippen LogP contribution in [0, 0.1) is 0 Å². The maximum atomic E-state index is 12.5. The van der Waals surface area contributed by atoms with E-state index in [9.17, 15) is 9.59 Å². The predicted molar refractivity (Wildman–Crippen MR) is 80.9 cm³/mol. The normalized spacial score (nSPS) is 19.3. The summed E-state index contributed by atoms with van der Waals surface area (Å²) in [5.74, 6) is 0.0602. The number of hydrogen-bond donors (Lipinski definition) is 2. The first kappa shape index (κ1) is 15.3. The Morgan fingerprint density at radius 1 is 1.29 bits per heavy atom. The lowest BCUT2D eigenvalue weighted by Gasteiger charge is -2.38. The zero-order chi connectivity index (χ0) is 15.4. The molecule has 0 radical (unpaired) electrons. The fraction of sp³-hybridized carbons (Fsp3) is 0.467. The van der Waals surface area contributed by atoms with E-state index in [0.717, 1.165) is 25.2 Å². The van der Waals surface area contributed by atoms with E-state index in [1.165, 1.54) is 0 Å². The highest BCUT2D eigenvalue weighted by atomic mass is 16.2. The van der Waals surface area contributed by atoms with Crippen LogP contribution in [0.25, 0.3) is 0 Å². The number of piperazine rings is 1. The number of nitrogens with two attached hydrogens (primary N) is 1. The Morgan fingerprint density at radius 2 is 1.95 bits per heavy atom. The van der Waals surface area contributed by atoms with Crippen molar-refractivity contribution in [3.05, 3.63) is 35.4 Å². The molecule has 1 saturated heterocycles. The largest absolute Gasteiger partial charge is 0.352 e. The molecule has 0 spiro atoms. The number of carbonyl (C=O) groups excluding carboxylic acids is 2. The van der Waals surface area contributed by atoms with Crippen LogP contribution in [0.1, 0.15) is 22.8 Å². The zero-order valence-electron chi connectivity index (χ0n) is 12.5. The predicted octanol–water partition coefficient (Wildman–Crippen LogP) is 0.631. The van der Waals surface area contributed by atoms with Crippen LogP contribution < -0.4 is 11.1 Å². The van der Waals surface area contributed by atoms with Gasteiger partial charge in [-0.05, 0) is 31.7 Å². The maximum Gasteiger partial charge on any atom is 0.312 e. The molecule has 3 amide bonds. The average molecular weight is 290 g/mol. The van der Waals surface area contributed by atoms with Crippen LogP contribution in [-0.4, -0.2) is 54.5 Å². The van der Waals surface area contributed by atoms with Gasteiger partial charge >= 0.3 is 6.03 Å². The molecule has 1 heterocycles. The molecule has 0 aliphatic carbocycles. The molecule has 1 fully saturated rings. The Kier molecular flexibility index (Phi) is 4.80. The van der Waals surface area contributed by atoms with Gasteiger partial charge in [0, 0.05) is 37.8 Å². The van der Waals surface area contributed by atoms with E-state index in [2.05, 4.69) is 24.2 Å². The van der Waals surface area contributed by atoms with Gasteiger partial charge in [0.05, 0.1) is 0 Å².